The second-order valence-corrected chi connectivity index (χ2v) is 12.6. The van der Waals surface area contributed by atoms with Gasteiger partial charge in [-0.2, -0.15) is 0 Å². The van der Waals surface area contributed by atoms with Crippen molar-refractivity contribution >= 4 is 54.0 Å². The van der Waals surface area contributed by atoms with Crippen LogP contribution >= 0.6 is 0 Å². The number of hydrogen-bond donors (Lipinski definition) is 0. The molecule has 8 aromatic carbocycles. The van der Waals surface area contributed by atoms with Gasteiger partial charge in [0.1, 0.15) is 6.33 Å². The van der Waals surface area contributed by atoms with Crippen LogP contribution in [0.2, 0.25) is 0 Å². The van der Waals surface area contributed by atoms with Crippen molar-refractivity contribution in [2.24, 2.45) is 0 Å². The van der Waals surface area contributed by atoms with Crippen molar-refractivity contribution in [1.82, 2.24) is 24.9 Å². The molecule has 232 valence electrons. The molecule has 0 fully saturated rings. The summed E-state index contributed by atoms with van der Waals surface area (Å²) in [5.41, 5.74) is 6.03. The van der Waals surface area contributed by atoms with Crippen molar-refractivity contribution in [2.75, 3.05) is 0 Å². The average Bonchev–Trinajstić information content (AvgIpc) is 3.18. The Bertz CT molecular complexity index is 2690. The number of benzene rings is 8. The van der Waals surface area contributed by atoms with E-state index in [0.29, 0.717) is 17.5 Å². The molecule has 0 aliphatic rings. The van der Waals surface area contributed by atoms with Crippen molar-refractivity contribution in [3.05, 3.63) is 164 Å². The first kappa shape index (κ1) is 28.2. The first-order valence-corrected chi connectivity index (χ1v) is 16.7. The minimum atomic E-state index is 0.623. The molecule has 0 aliphatic heterocycles. The quantitative estimate of drug-likeness (QED) is 0.180. The summed E-state index contributed by atoms with van der Waals surface area (Å²) in [6, 6.07) is 53.1. The molecule has 0 atom stereocenters. The van der Waals surface area contributed by atoms with Gasteiger partial charge in [0.15, 0.2) is 17.5 Å². The molecule has 0 saturated heterocycles. The summed E-state index contributed by atoms with van der Waals surface area (Å²) in [7, 11) is 0. The third kappa shape index (κ3) is 4.67. The maximum absolute atomic E-state index is 5.36. The van der Waals surface area contributed by atoms with Crippen LogP contribution < -0.4 is 0 Å². The van der Waals surface area contributed by atoms with Gasteiger partial charge in [0.25, 0.3) is 0 Å². The summed E-state index contributed by atoms with van der Waals surface area (Å²) >= 11 is 0. The summed E-state index contributed by atoms with van der Waals surface area (Å²) in [5, 5.41) is 10.00. The van der Waals surface area contributed by atoms with Crippen LogP contribution in [0.5, 0.6) is 0 Å². The Morgan fingerprint density at radius 3 is 1.30 bits per heavy atom. The van der Waals surface area contributed by atoms with Crippen LogP contribution in [0.3, 0.4) is 0 Å². The van der Waals surface area contributed by atoms with Crippen LogP contribution in [-0.4, -0.2) is 24.9 Å². The van der Waals surface area contributed by atoms with Crippen LogP contribution in [0.4, 0.5) is 0 Å². The van der Waals surface area contributed by atoms with Crippen LogP contribution in [0.15, 0.2) is 164 Å². The monoisotopic (exact) mass is 637 g/mol. The van der Waals surface area contributed by atoms with Gasteiger partial charge >= 0.3 is 0 Å². The molecule has 0 spiro atoms. The Labute approximate surface area is 287 Å². The van der Waals surface area contributed by atoms with Crippen LogP contribution in [0, 0.1) is 0 Å². The Morgan fingerprint density at radius 2 is 0.780 bits per heavy atom. The first-order valence-electron chi connectivity index (χ1n) is 16.7. The second kappa shape index (κ2) is 11.4. The van der Waals surface area contributed by atoms with Gasteiger partial charge in [-0.25, -0.2) is 24.9 Å². The van der Waals surface area contributed by atoms with Crippen LogP contribution in [-0.2, 0) is 0 Å². The SMILES string of the molecule is c1ccc2c(-c3nc(-c4ccc(-c5ccc6ncncc6c5)cc4)nc(-c4c5ccccc5cc5ccccc45)n3)c3ccccc3cc2c1. The number of hydrogen-bond acceptors (Lipinski definition) is 5. The average molecular weight is 638 g/mol. The maximum Gasteiger partial charge on any atom is 0.165 e. The highest BCUT2D eigenvalue weighted by molar-refractivity contribution is 6.13. The third-order valence-electron chi connectivity index (χ3n) is 9.61. The molecule has 5 nitrogen and oxygen atoms in total. The molecule has 50 heavy (non-hydrogen) atoms. The minimum Gasteiger partial charge on any atom is -0.244 e. The fraction of sp³-hybridized carbons (Fsp3) is 0. The summed E-state index contributed by atoms with van der Waals surface area (Å²) in [6.45, 7) is 0. The molecule has 0 bridgehead atoms. The number of rotatable bonds is 4. The molecule has 0 amide bonds. The molecule has 2 aromatic heterocycles. The molecule has 0 radical (unpaired) electrons. The van der Waals surface area contributed by atoms with E-state index in [0.717, 1.165) is 81.8 Å². The van der Waals surface area contributed by atoms with E-state index >= 15 is 0 Å². The smallest absolute Gasteiger partial charge is 0.165 e. The van der Waals surface area contributed by atoms with Gasteiger partial charge in [-0.05, 0) is 78.5 Å². The normalized spacial score (nSPS) is 11.6. The van der Waals surface area contributed by atoms with Crippen molar-refractivity contribution in [3.63, 3.8) is 0 Å². The molecule has 2 heterocycles. The van der Waals surface area contributed by atoms with E-state index in [2.05, 4.69) is 156 Å². The van der Waals surface area contributed by atoms with Gasteiger partial charge in [-0.15, -0.1) is 0 Å². The number of nitrogens with zero attached hydrogens (tertiary/aromatic N) is 5. The topological polar surface area (TPSA) is 64.5 Å². The fourth-order valence-corrected chi connectivity index (χ4v) is 7.21. The lowest BCUT2D eigenvalue weighted by molar-refractivity contribution is 1.08. The molecule has 0 N–H and O–H groups in total. The highest BCUT2D eigenvalue weighted by Gasteiger charge is 2.20. The van der Waals surface area contributed by atoms with Crippen molar-refractivity contribution in [1.29, 1.82) is 0 Å². The summed E-state index contributed by atoms with van der Waals surface area (Å²) in [6.07, 6.45) is 3.43. The fourth-order valence-electron chi connectivity index (χ4n) is 7.21. The zero-order valence-electron chi connectivity index (χ0n) is 26.8. The first-order chi connectivity index (χ1) is 24.8. The molecule has 0 unspecified atom stereocenters. The maximum atomic E-state index is 5.36. The standard InChI is InChI=1S/C45H27N5/c1-5-13-36-31(9-1)24-32-10-2-6-14-37(32)41(36)44-48-43(29-19-17-28(18-20-29)30-21-22-40-35(23-30)26-46-27-47-40)49-45(50-44)42-38-15-7-3-11-33(38)25-34-12-4-8-16-39(34)42/h1-27H. The predicted molar refractivity (Wildman–Crippen MR) is 205 cm³/mol. The van der Waals surface area contributed by atoms with Crippen molar-refractivity contribution < 1.29 is 0 Å². The van der Waals surface area contributed by atoms with E-state index in [1.807, 2.05) is 12.3 Å². The van der Waals surface area contributed by atoms with Gasteiger partial charge < -0.3 is 0 Å². The van der Waals surface area contributed by atoms with E-state index in [-0.39, 0.29) is 0 Å². The van der Waals surface area contributed by atoms with E-state index in [1.165, 1.54) is 0 Å². The Kier molecular flexibility index (Phi) is 6.42. The zero-order chi connectivity index (χ0) is 33.0. The van der Waals surface area contributed by atoms with Gasteiger partial charge in [0.2, 0.25) is 0 Å². The van der Waals surface area contributed by atoms with E-state index in [1.54, 1.807) is 6.33 Å². The van der Waals surface area contributed by atoms with Crippen molar-refractivity contribution in [2.45, 2.75) is 0 Å². The lowest BCUT2D eigenvalue weighted by Crippen LogP contribution is -2.02. The zero-order valence-corrected chi connectivity index (χ0v) is 26.8. The summed E-state index contributed by atoms with van der Waals surface area (Å²) in [5.74, 6) is 1.92. The molecule has 10 aromatic rings. The van der Waals surface area contributed by atoms with Crippen LogP contribution in [0.25, 0.3) is 99.3 Å². The minimum absolute atomic E-state index is 0.623. The second-order valence-electron chi connectivity index (χ2n) is 12.6. The molecule has 0 aliphatic carbocycles. The molecular weight excluding hydrogens is 611 g/mol. The van der Waals surface area contributed by atoms with E-state index in [4.69, 9.17) is 15.0 Å². The Morgan fingerprint density at radius 1 is 0.340 bits per heavy atom. The van der Waals surface area contributed by atoms with Crippen LogP contribution in [0.1, 0.15) is 0 Å². The van der Waals surface area contributed by atoms with Gasteiger partial charge in [-0.1, -0.05) is 127 Å². The molecule has 0 saturated carbocycles. The highest BCUT2D eigenvalue weighted by atomic mass is 15.0. The third-order valence-corrected chi connectivity index (χ3v) is 9.61. The lowest BCUT2D eigenvalue weighted by Gasteiger charge is -2.15. The predicted octanol–water partition coefficient (Wildman–Crippen LogP) is 11.1. The van der Waals surface area contributed by atoms with Crippen molar-refractivity contribution in [3.8, 4) is 45.3 Å². The molecular formula is C45H27N5. The Hall–Kier alpha value is -6.85. The number of fused-ring (bicyclic) bond motifs is 5. The van der Waals surface area contributed by atoms with E-state index < -0.39 is 0 Å². The van der Waals surface area contributed by atoms with Gasteiger partial charge in [0.05, 0.1) is 5.52 Å². The highest BCUT2D eigenvalue weighted by Crippen LogP contribution is 2.39. The Balaban J connectivity index is 1.24. The lowest BCUT2D eigenvalue weighted by atomic mass is 9.95. The van der Waals surface area contributed by atoms with Gasteiger partial charge in [0, 0.05) is 28.3 Å². The molecule has 10 rings (SSSR count). The summed E-state index contributed by atoms with van der Waals surface area (Å²) < 4.78 is 0. The largest absolute Gasteiger partial charge is 0.244 e. The number of aromatic nitrogens is 5. The van der Waals surface area contributed by atoms with E-state index in [9.17, 15) is 0 Å². The summed E-state index contributed by atoms with van der Waals surface area (Å²) in [4.78, 5) is 24.5. The molecule has 5 heteroatoms. The van der Waals surface area contributed by atoms with Gasteiger partial charge in [-0.3, -0.25) is 0 Å².